The Kier molecular flexibility index (Phi) is 3.59. The Labute approximate surface area is 132 Å². The fourth-order valence-electron chi connectivity index (χ4n) is 2.99. The van der Waals surface area contributed by atoms with E-state index in [1.54, 1.807) is 6.07 Å². The predicted molar refractivity (Wildman–Crippen MR) is 84.1 cm³/mol. The van der Waals surface area contributed by atoms with Gasteiger partial charge in [-0.05, 0) is 6.07 Å². The fourth-order valence-corrected chi connectivity index (χ4v) is 2.99. The number of imidazole rings is 1. The minimum absolute atomic E-state index is 0.230. The van der Waals surface area contributed by atoms with Gasteiger partial charge in [-0.3, -0.25) is 9.59 Å². The number of carbonyl (C=O) groups excluding carboxylic acids is 2. The van der Waals surface area contributed by atoms with Crippen molar-refractivity contribution in [2.45, 2.75) is 32.9 Å². The maximum Gasteiger partial charge on any atom is 0.303 e. The Morgan fingerprint density at radius 1 is 1.43 bits per heavy atom. The van der Waals surface area contributed by atoms with Gasteiger partial charge in [0.05, 0.1) is 23.8 Å². The van der Waals surface area contributed by atoms with Crippen LogP contribution in [0, 0.1) is 0 Å². The van der Waals surface area contributed by atoms with E-state index in [9.17, 15) is 9.59 Å². The summed E-state index contributed by atoms with van der Waals surface area (Å²) in [5.74, 6) is 0.474. The lowest BCUT2D eigenvalue weighted by molar-refractivity contribution is -0.146. The third-order valence-corrected chi connectivity index (χ3v) is 3.78. The molecule has 0 aliphatic carbocycles. The number of nitrogens with two attached hydrogens (primary N) is 1. The van der Waals surface area contributed by atoms with Gasteiger partial charge in [0.2, 0.25) is 5.91 Å². The van der Waals surface area contributed by atoms with E-state index in [0.29, 0.717) is 41.4 Å². The molecule has 0 saturated heterocycles. The van der Waals surface area contributed by atoms with Crippen molar-refractivity contribution in [1.29, 1.82) is 0 Å². The number of hydrogen-bond donors (Lipinski definition) is 2. The summed E-state index contributed by atoms with van der Waals surface area (Å²) in [7, 11) is 1.49. The lowest BCUT2D eigenvalue weighted by Crippen LogP contribution is -2.09. The maximum atomic E-state index is 11.4. The lowest BCUT2D eigenvalue weighted by Gasteiger charge is -2.13. The molecular weight excluding hydrogens is 300 g/mol. The van der Waals surface area contributed by atoms with Gasteiger partial charge in [0.1, 0.15) is 5.69 Å². The van der Waals surface area contributed by atoms with Crippen molar-refractivity contribution in [1.82, 2.24) is 9.55 Å². The standard InChI is InChI=1S/C15H18N4O4/c1-7(20)17-10-6-9-13(12(16)14(10)22-3)19-5-4-11(15(19)18-9)23-8(2)21/h6,11H,4-5,16H2,1-3H3,(H,17,20). The molecule has 1 amide bonds. The molecule has 8 nitrogen and oxygen atoms in total. The molecule has 0 saturated carbocycles. The molecule has 23 heavy (non-hydrogen) atoms. The Balaban J connectivity index is 2.16. The Bertz CT molecular complexity index is 812. The van der Waals surface area contributed by atoms with Crippen molar-refractivity contribution >= 4 is 34.3 Å². The van der Waals surface area contributed by atoms with Crippen LogP contribution in [-0.4, -0.2) is 28.5 Å². The summed E-state index contributed by atoms with van der Waals surface area (Å²) in [5, 5.41) is 2.69. The van der Waals surface area contributed by atoms with Crippen molar-refractivity contribution in [3.05, 3.63) is 11.9 Å². The number of esters is 1. The number of ether oxygens (including phenoxy) is 2. The first-order valence-electron chi connectivity index (χ1n) is 7.23. The summed E-state index contributed by atoms with van der Waals surface area (Å²) in [6.45, 7) is 3.43. The van der Waals surface area contributed by atoms with Crippen molar-refractivity contribution in [2.24, 2.45) is 0 Å². The Morgan fingerprint density at radius 3 is 2.78 bits per heavy atom. The zero-order valence-electron chi connectivity index (χ0n) is 13.2. The Hall–Kier alpha value is -2.77. The first-order chi connectivity index (χ1) is 10.9. The van der Waals surface area contributed by atoms with E-state index < -0.39 is 0 Å². The average Bonchev–Trinajstić information content (AvgIpc) is 2.98. The van der Waals surface area contributed by atoms with Gasteiger partial charge in [0.25, 0.3) is 0 Å². The van der Waals surface area contributed by atoms with E-state index in [1.807, 2.05) is 4.57 Å². The number of fused-ring (bicyclic) bond motifs is 3. The second kappa shape index (κ2) is 5.45. The molecule has 3 N–H and O–H groups in total. The first-order valence-corrected chi connectivity index (χ1v) is 7.23. The molecule has 3 rings (SSSR count). The molecule has 1 unspecified atom stereocenters. The molecule has 1 aliphatic rings. The van der Waals surface area contributed by atoms with Crippen LogP contribution in [0.25, 0.3) is 11.0 Å². The number of rotatable bonds is 3. The third kappa shape index (κ3) is 2.45. The van der Waals surface area contributed by atoms with Crippen LogP contribution in [0.2, 0.25) is 0 Å². The molecule has 0 bridgehead atoms. The van der Waals surface area contributed by atoms with Crippen molar-refractivity contribution in [3.63, 3.8) is 0 Å². The van der Waals surface area contributed by atoms with E-state index in [4.69, 9.17) is 15.2 Å². The van der Waals surface area contributed by atoms with Gasteiger partial charge in [-0.25, -0.2) is 4.98 Å². The topological polar surface area (TPSA) is 108 Å². The number of benzene rings is 1. The highest BCUT2D eigenvalue weighted by atomic mass is 16.5. The number of nitrogens with zero attached hydrogens (tertiary/aromatic N) is 2. The van der Waals surface area contributed by atoms with Gasteiger partial charge in [-0.1, -0.05) is 0 Å². The van der Waals surface area contributed by atoms with Gasteiger partial charge in [0, 0.05) is 26.8 Å². The summed E-state index contributed by atoms with van der Waals surface area (Å²) in [6.07, 6.45) is 0.280. The lowest BCUT2D eigenvalue weighted by atomic mass is 10.2. The monoisotopic (exact) mass is 318 g/mol. The third-order valence-electron chi connectivity index (χ3n) is 3.78. The van der Waals surface area contributed by atoms with Crippen LogP contribution < -0.4 is 15.8 Å². The first kappa shape index (κ1) is 15.1. The molecule has 2 heterocycles. The number of methoxy groups -OCH3 is 1. The molecular formula is C15H18N4O4. The molecule has 0 fully saturated rings. The number of aryl methyl sites for hydroxylation is 1. The summed E-state index contributed by atoms with van der Waals surface area (Å²) >= 11 is 0. The van der Waals surface area contributed by atoms with Gasteiger partial charge < -0.3 is 25.1 Å². The van der Waals surface area contributed by atoms with Crippen LogP contribution in [0.15, 0.2) is 6.07 Å². The highest BCUT2D eigenvalue weighted by molar-refractivity contribution is 6.01. The maximum absolute atomic E-state index is 11.4. The van der Waals surface area contributed by atoms with E-state index in [-0.39, 0.29) is 18.0 Å². The van der Waals surface area contributed by atoms with Gasteiger partial charge in [-0.15, -0.1) is 0 Å². The Morgan fingerprint density at radius 2 is 2.17 bits per heavy atom. The normalized spacial score (nSPS) is 16.2. The number of hydrogen-bond acceptors (Lipinski definition) is 6. The molecule has 8 heteroatoms. The molecule has 1 aromatic carbocycles. The summed E-state index contributed by atoms with van der Waals surface area (Å²) < 4.78 is 12.6. The smallest absolute Gasteiger partial charge is 0.303 e. The fraction of sp³-hybridized carbons (Fsp3) is 0.400. The second-order valence-corrected chi connectivity index (χ2v) is 5.43. The van der Waals surface area contributed by atoms with Crippen LogP contribution in [0.4, 0.5) is 11.4 Å². The van der Waals surface area contributed by atoms with Crippen LogP contribution in [-0.2, 0) is 20.9 Å². The molecule has 0 spiro atoms. The van der Waals surface area contributed by atoms with Gasteiger partial charge in [-0.2, -0.15) is 0 Å². The number of aromatic nitrogens is 2. The predicted octanol–water partition coefficient (Wildman–Crippen LogP) is 1.59. The molecule has 2 aromatic rings. The number of anilines is 2. The van der Waals surface area contributed by atoms with Crippen molar-refractivity contribution < 1.29 is 19.1 Å². The van der Waals surface area contributed by atoms with Crippen LogP contribution in [0.3, 0.4) is 0 Å². The quantitative estimate of drug-likeness (QED) is 0.657. The van der Waals surface area contributed by atoms with Crippen molar-refractivity contribution in [2.75, 3.05) is 18.2 Å². The molecule has 122 valence electrons. The van der Waals surface area contributed by atoms with Crippen LogP contribution >= 0.6 is 0 Å². The van der Waals surface area contributed by atoms with Crippen LogP contribution in [0.1, 0.15) is 32.2 Å². The largest absolute Gasteiger partial charge is 0.492 e. The zero-order valence-corrected chi connectivity index (χ0v) is 13.2. The van der Waals surface area contributed by atoms with E-state index in [2.05, 4.69) is 10.3 Å². The molecule has 1 atom stereocenters. The summed E-state index contributed by atoms with van der Waals surface area (Å²) in [6, 6.07) is 1.71. The van der Waals surface area contributed by atoms with E-state index in [0.717, 1.165) is 5.52 Å². The molecule has 0 radical (unpaired) electrons. The minimum Gasteiger partial charge on any atom is -0.492 e. The second-order valence-electron chi connectivity index (χ2n) is 5.43. The van der Waals surface area contributed by atoms with E-state index >= 15 is 0 Å². The van der Waals surface area contributed by atoms with E-state index in [1.165, 1.54) is 21.0 Å². The SMILES string of the molecule is COc1c(NC(C)=O)cc2nc3n(c2c1N)CCC3OC(C)=O. The van der Waals surface area contributed by atoms with Gasteiger partial charge >= 0.3 is 5.97 Å². The van der Waals surface area contributed by atoms with Gasteiger partial charge in [0.15, 0.2) is 17.7 Å². The zero-order chi connectivity index (χ0) is 16.7. The summed E-state index contributed by atoms with van der Waals surface area (Å²) in [4.78, 5) is 27.1. The highest BCUT2D eigenvalue weighted by Gasteiger charge is 2.31. The number of nitrogen functional groups attached to an aromatic ring is 1. The molecule has 1 aliphatic heterocycles. The van der Waals surface area contributed by atoms with Crippen LogP contribution in [0.5, 0.6) is 5.75 Å². The average molecular weight is 318 g/mol. The highest BCUT2D eigenvalue weighted by Crippen LogP contribution is 2.42. The van der Waals surface area contributed by atoms with Crippen molar-refractivity contribution in [3.8, 4) is 5.75 Å². The molecule has 1 aromatic heterocycles. The number of carbonyl (C=O) groups is 2. The number of amides is 1. The summed E-state index contributed by atoms with van der Waals surface area (Å²) in [5.41, 5.74) is 8.43. The number of nitrogens with one attached hydrogen (secondary N) is 1. The minimum atomic E-state index is -0.380.